The smallest absolute Gasteiger partial charge is 0.161 e. The number of carbonyl (C=O) groups excluding carboxylic acids is 1. The predicted molar refractivity (Wildman–Crippen MR) is 69.5 cm³/mol. The number of allylic oxidation sites excluding steroid dienone is 2. The van der Waals surface area contributed by atoms with Gasteiger partial charge in [-0.3, -0.25) is 9.78 Å². The zero-order valence-corrected chi connectivity index (χ0v) is 10.4. The van der Waals surface area contributed by atoms with Gasteiger partial charge >= 0.3 is 0 Å². The second-order valence-corrected chi connectivity index (χ2v) is 4.75. The number of aromatic nitrogens is 1. The van der Waals surface area contributed by atoms with Gasteiger partial charge in [-0.1, -0.05) is 31.4 Å². The van der Waals surface area contributed by atoms with Crippen molar-refractivity contribution in [2.45, 2.75) is 39.0 Å². The topological polar surface area (TPSA) is 30.0 Å². The summed E-state index contributed by atoms with van der Waals surface area (Å²) in [6, 6.07) is 5.72. The van der Waals surface area contributed by atoms with E-state index < -0.39 is 0 Å². The van der Waals surface area contributed by atoms with Crippen molar-refractivity contribution in [2.24, 2.45) is 5.92 Å². The molecule has 0 radical (unpaired) electrons. The van der Waals surface area contributed by atoms with Crippen molar-refractivity contribution in [3.63, 3.8) is 0 Å². The van der Waals surface area contributed by atoms with Crippen molar-refractivity contribution in [1.29, 1.82) is 0 Å². The largest absolute Gasteiger partial charge is 0.294 e. The van der Waals surface area contributed by atoms with E-state index in [2.05, 4.69) is 11.1 Å². The molecule has 0 unspecified atom stereocenters. The van der Waals surface area contributed by atoms with Gasteiger partial charge in [-0.25, -0.2) is 0 Å². The Bertz CT molecular complexity index is 402. The lowest BCUT2D eigenvalue weighted by atomic mass is 9.87. The van der Waals surface area contributed by atoms with Crippen molar-refractivity contribution >= 4 is 11.4 Å². The van der Waals surface area contributed by atoms with Crippen LogP contribution in [0.25, 0.3) is 5.57 Å². The van der Waals surface area contributed by atoms with E-state index in [1.165, 1.54) is 32.1 Å². The zero-order chi connectivity index (χ0) is 12.1. The number of hydrogen-bond donors (Lipinski definition) is 0. The van der Waals surface area contributed by atoms with Crippen LogP contribution in [0.5, 0.6) is 0 Å². The minimum atomic E-state index is 0.120. The summed E-state index contributed by atoms with van der Waals surface area (Å²) in [5, 5.41) is 0. The van der Waals surface area contributed by atoms with Crippen LogP contribution in [0, 0.1) is 5.92 Å². The van der Waals surface area contributed by atoms with Gasteiger partial charge in [0.05, 0.1) is 5.69 Å². The van der Waals surface area contributed by atoms with E-state index in [0.717, 1.165) is 11.3 Å². The Labute approximate surface area is 103 Å². The second kappa shape index (κ2) is 5.76. The van der Waals surface area contributed by atoms with Crippen LogP contribution in [0.1, 0.15) is 44.7 Å². The molecule has 1 saturated carbocycles. The Morgan fingerprint density at radius 2 is 2.06 bits per heavy atom. The minimum absolute atomic E-state index is 0.120. The van der Waals surface area contributed by atoms with Crippen LogP contribution < -0.4 is 0 Å². The summed E-state index contributed by atoms with van der Waals surface area (Å²) < 4.78 is 0. The summed E-state index contributed by atoms with van der Waals surface area (Å²) in [6.07, 6.45) is 10.2. The van der Waals surface area contributed by atoms with Crippen molar-refractivity contribution in [1.82, 2.24) is 4.98 Å². The third kappa shape index (κ3) is 3.26. The van der Waals surface area contributed by atoms with Gasteiger partial charge in [0.1, 0.15) is 0 Å². The van der Waals surface area contributed by atoms with Crippen LogP contribution in [-0.2, 0) is 4.79 Å². The molecular formula is C15H19NO. The highest BCUT2D eigenvalue weighted by Crippen LogP contribution is 2.27. The third-order valence-electron chi connectivity index (χ3n) is 3.37. The fraction of sp³-hybridized carbons (Fsp3) is 0.467. The van der Waals surface area contributed by atoms with E-state index in [9.17, 15) is 4.79 Å². The quantitative estimate of drug-likeness (QED) is 0.741. The molecular weight excluding hydrogens is 210 g/mol. The van der Waals surface area contributed by atoms with Gasteiger partial charge in [-0.2, -0.15) is 0 Å². The maximum Gasteiger partial charge on any atom is 0.161 e. The molecule has 0 bridgehead atoms. The van der Waals surface area contributed by atoms with Crippen LogP contribution in [-0.4, -0.2) is 10.8 Å². The van der Waals surface area contributed by atoms with Gasteiger partial charge in [0.25, 0.3) is 0 Å². The van der Waals surface area contributed by atoms with Crippen LogP contribution >= 0.6 is 0 Å². The summed E-state index contributed by atoms with van der Waals surface area (Å²) in [5.41, 5.74) is 1.60. The highest BCUT2D eigenvalue weighted by atomic mass is 16.1. The van der Waals surface area contributed by atoms with E-state index >= 15 is 0 Å². The summed E-state index contributed by atoms with van der Waals surface area (Å²) in [7, 11) is 0. The number of rotatable bonds is 3. The number of ketones is 1. The fourth-order valence-electron chi connectivity index (χ4n) is 2.44. The number of Topliss-reactive ketones (excluding diaryl/α,β-unsaturated/α-hetero) is 1. The molecule has 0 saturated heterocycles. The van der Waals surface area contributed by atoms with Crippen molar-refractivity contribution in [3.8, 4) is 0 Å². The molecule has 0 aliphatic heterocycles. The van der Waals surface area contributed by atoms with Gasteiger partial charge in [0.15, 0.2) is 5.78 Å². The molecule has 2 heteroatoms. The fourth-order valence-corrected chi connectivity index (χ4v) is 2.44. The molecule has 0 amide bonds. The Morgan fingerprint density at radius 1 is 1.29 bits per heavy atom. The number of hydrogen-bond acceptors (Lipinski definition) is 2. The van der Waals surface area contributed by atoms with Gasteiger partial charge in [-0.15, -0.1) is 0 Å². The summed E-state index contributed by atoms with van der Waals surface area (Å²) in [6.45, 7) is 1.63. The molecule has 2 nitrogen and oxygen atoms in total. The first-order valence-corrected chi connectivity index (χ1v) is 6.41. The maximum absolute atomic E-state index is 11.7. The van der Waals surface area contributed by atoms with Crippen molar-refractivity contribution < 1.29 is 4.79 Å². The van der Waals surface area contributed by atoms with Gasteiger partial charge < -0.3 is 0 Å². The average molecular weight is 229 g/mol. The highest BCUT2D eigenvalue weighted by molar-refractivity contribution is 6.18. The van der Waals surface area contributed by atoms with Gasteiger partial charge in [0, 0.05) is 11.8 Å². The highest BCUT2D eigenvalue weighted by Gasteiger charge is 2.15. The molecule has 2 rings (SSSR count). The molecule has 0 N–H and O–H groups in total. The zero-order valence-electron chi connectivity index (χ0n) is 10.4. The molecule has 1 aromatic heterocycles. The molecule has 0 spiro atoms. The Morgan fingerprint density at radius 3 is 2.65 bits per heavy atom. The average Bonchev–Trinajstić information content (AvgIpc) is 2.38. The molecule has 1 aliphatic rings. The number of carbonyl (C=O) groups is 1. The summed E-state index contributed by atoms with van der Waals surface area (Å²) in [5.74, 6) is 0.680. The van der Waals surface area contributed by atoms with Crippen LogP contribution in [0.3, 0.4) is 0 Å². The first-order chi connectivity index (χ1) is 8.27. The van der Waals surface area contributed by atoms with Gasteiger partial charge in [-0.05, 0) is 37.8 Å². The summed E-state index contributed by atoms with van der Waals surface area (Å²) in [4.78, 5) is 16.0. The standard InChI is InChI=1S/C15H19NO/c1-12(17)14(15-9-5-6-10-16-15)11-13-7-3-2-4-8-13/h5-6,9-11,13H,2-4,7-8H2,1H3/b14-11-. The van der Waals surface area contributed by atoms with Crippen LogP contribution in [0.15, 0.2) is 30.5 Å². The first kappa shape index (κ1) is 12.0. The second-order valence-electron chi connectivity index (χ2n) is 4.75. The number of pyridine rings is 1. The molecule has 1 fully saturated rings. The SMILES string of the molecule is CC(=O)/C(=C/C1CCCCC1)c1ccccn1. The lowest BCUT2D eigenvalue weighted by Crippen LogP contribution is -2.07. The predicted octanol–water partition coefficient (Wildman–Crippen LogP) is 3.63. The van der Waals surface area contributed by atoms with Crippen molar-refractivity contribution in [3.05, 3.63) is 36.2 Å². The van der Waals surface area contributed by atoms with E-state index in [-0.39, 0.29) is 5.78 Å². The normalized spacial score (nSPS) is 18.1. The number of nitrogens with zero attached hydrogens (tertiary/aromatic N) is 1. The third-order valence-corrected chi connectivity index (χ3v) is 3.37. The molecule has 90 valence electrons. The Hall–Kier alpha value is -1.44. The molecule has 1 heterocycles. The van der Waals surface area contributed by atoms with E-state index in [0.29, 0.717) is 5.92 Å². The minimum Gasteiger partial charge on any atom is -0.294 e. The van der Waals surface area contributed by atoms with Crippen LogP contribution in [0.4, 0.5) is 0 Å². The van der Waals surface area contributed by atoms with Crippen LogP contribution in [0.2, 0.25) is 0 Å². The lowest BCUT2D eigenvalue weighted by molar-refractivity contribution is -0.111. The van der Waals surface area contributed by atoms with Crippen molar-refractivity contribution in [2.75, 3.05) is 0 Å². The molecule has 1 aliphatic carbocycles. The lowest BCUT2D eigenvalue weighted by Gasteiger charge is -2.19. The van der Waals surface area contributed by atoms with Gasteiger partial charge in [0.2, 0.25) is 0 Å². The summed E-state index contributed by atoms with van der Waals surface area (Å²) >= 11 is 0. The molecule has 17 heavy (non-hydrogen) atoms. The molecule has 0 atom stereocenters. The van der Waals surface area contributed by atoms with E-state index in [4.69, 9.17) is 0 Å². The van der Waals surface area contributed by atoms with E-state index in [1.54, 1.807) is 13.1 Å². The Kier molecular flexibility index (Phi) is 4.08. The maximum atomic E-state index is 11.7. The monoisotopic (exact) mass is 229 g/mol. The Balaban J connectivity index is 2.22. The molecule has 0 aromatic carbocycles. The molecule has 1 aromatic rings. The first-order valence-electron chi connectivity index (χ1n) is 6.41. The van der Waals surface area contributed by atoms with E-state index in [1.807, 2.05) is 18.2 Å².